The third-order valence-electron chi connectivity index (χ3n) is 3.99. The molecule has 1 aromatic heterocycles. The minimum Gasteiger partial charge on any atom is -0.468 e. The summed E-state index contributed by atoms with van der Waals surface area (Å²) in [5.41, 5.74) is 0. The number of halogens is 3. The van der Waals surface area contributed by atoms with Crippen LogP contribution in [0.5, 0.6) is 5.75 Å². The summed E-state index contributed by atoms with van der Waals surface area (Å²) < 4.78 is 72.2. The van der Waals surface area contributed by atoms with E-state index in [0.29, 0.717) is 32.7 Å². The quantitative estimate of drug-likeness (QED) is 0.786. The average Bonchev–Trinajstić information content (AvgIpc) is 3.07. The Kier molecular flexibility index (Phi) is 5.26. The zero-order valence-corrected chi connectivity index (χ0v) is 14.5. The van der Waals surface area contributed by atoms with Gasteiger partial charge in [-0.1, -0.05) is 0 Å². The topological polar surface area (TPSA) is 63.0 Å². The molecule has 10 heteroatoms. The van der Waals surface area contributed by atoms with Crippen LogP contribution in [0.4, 0.5) is 13.2 Å². The highest BCUT2D eigenvalue weighted by Crippen LogP contribution is 2.25. The van der Waals surface area contributed by atoms with Gasteiger partial charge in [0, 0.05) is 26.2 Å². The fourth-order valence-corrected chi connectivity index (χ4v) is 4.14. The number of hydrogen-bond donors (Lipinski definition) is 0. The lowest BCUT2D eigenvalue weighted by Gasteiger charge is -2.33. The second-order valence-electron chi connectivity index (χ2n) is 5.78. The van der Waals surface area contributed by atoms with E-state index in [1.54, 1.807) is 12.3 Å². The van der Waals surface area contributed by atoms with E-state index >= 15 is 0 Å². The molecule has 1 fully saturated rings. The van der Waals surface area contributed by atoms with E-state index in [1.807, 2.05) is 6.07 Å². The van der Waals surface area contributed by atoms with Crippen molar-refractivity contribution in [3.05, 3.63) is 48.4 Å². The molecular formula is C16H17F3N2O4S. The maximum Gasteiger partial charge on any atom is 0.573 e. The largest absolute Gasteiger partial charge is 0.573 e. The summed E-state index contributed by atoms with van der Waals surface area (Å²) in [6, 6.07) is 7.87. The normalized spacial score (nSPS) is 17.3. The lowest BCUT2D eigenvalue weighted by molar-refractivity contribution is -0.274. The number of hydrogen-bond acceptors (Lipinski definition) is 5. The monoisotopic (exact) mass is 390 g/mol. The fraction of sp³-hybridized carbons (Fsp3) is 0.375. The van der Waals surface area contributed by atoms with Crippen LogP contribution >= 0.6 is 0 Å². The van der Waals surface area contributed by atoms with Gasteiger partial charge in [0.15, 0.2) is 0 Å². The van der Waals surface area contributed by atoms with Gasteiger partial charge in [-0.05, 0) is 36.4 Å². The fourth-order valence-electron chi connectivity index (χ4n) is 2.71. The number of benzene rings is 1. The van der Waals surface area contributed by atoms with Gasteiger partial charge in [-0.2, -0.15) is 4.31 Å². The highest BCUT2D eigenvalue weighted by molar-refractivity contribution is 7.89. The molecule has 0 aliphatic carbocycles. The number of nitrogens with zero attached hydrogens (tertiary/aromatic N) is 2. The average molecular weight is 390 g/mol. The molecule has 26 heavy (non-hydrogen) atoms. The van der Waals surface area contributed by atoms with Crippen LogP contribution in [-0.4, -0.2) is 50.2 Å². The zero-order chi connectivity index (χ0) is 18.8. The standard InChI is InChI=1S/C16H17F3N2O4S/c17-16(18,19)25-13-3-5-15(6-4-13)26(22,23)21-9-7-20(8-10-21)12-14-2-1-11-24-14/h1-6,11H,7-10,12H2. The molecule has 0 atom stereocenters. The summed E-state index contributed by atoms with van der Waals surface area (Å²) in [5.74, 6) is 0.348. The Morgan fingerprint density at radius 1 is 1.04 bits per heavy atom. The van der Waals surface area contributed by atoms with Crippen molar-refractivity contribution in [1.82, 2.24) is 9.21 Å². The highest BCUT2D eigenvalue weighted by atomic mass is 32.2. The Balaban J connectivity index is 1.62. The Bertz CT molecular complexity index is 812. The third-order valence-corrected chi connectivity index (χ3v) is 5.90. The molecule has 1 aliphatic heterocycles. The molecule has 2 heterocycles. The molecule has 3 rings (SSSR count). The summed E-state index contributed by atoms with van der Waals surface area (Å²) in [4.78, 5) is 2.01. The van der Waals surface area contributed by atoms with Crippen LogP contribution in [0.1, 0.15) is 5.76 Å². The Morgan fingerprint density at radius 2 is 1.69 bits per heavy atom. The van der Waals surface area contributed by atoms with Gasteiger partial charge in [-0.15, -0.1) is 13.2 Å². The molecule has 0 saturated carbocycles. The zero-order valence-electron chi connectivity index (χ0n) is 13.6. The van der Waals surface area contributed by atoms with Crippen LogP contribution < -0.4 is 4.74 Å². The van der Waals surface area contributed by atoms with Crippen LogP contribution in [0.3, 0.4) is 0 Å². The third kappa shape index (κ3) is 4.57. The SMILES string of the molecule is O=S(=O)(c1ccc(OC(F)(F)F)cc1)N1CCN(Cc2ccco2)CC1. The first-order valence-corrected chi connectivity index (χ1v) is 9.29. The molecule has 6 nitrogen and oxygen atoms in total. The van der Waals surface area contributed by atoms with Crippen molar-refractivity contribution in [3.63, 3.8) is 0 Å². The maximum absolute atomic E-state index is 12.6. The summed E-state index contributed by atoms with van der Waals surface area (Å²) in [5, 5.41) is 0. The van der Waals surface area contributed by atoms with Gasteiger partial charge in [-0.25, -0.2) is 8.42 Å². The number of alkyl halides is 3. The van der Waals surface area contributed by atoms with E-state index in [1.165, 1.54) is 4.31 Å². The van der Waals surface area contributed by atoms with Crippen molar-refractivity contribution < 1.29 is 30.7 Å². The molecule has 0 spiro atoms. The minimum atomic E-state index is -4.81. The highest BCUT2D eigenvalue weighted by Gasteiger charge is 2.32. The number of rotatable bonds is 5. The molecule has 142 valence electrons. The van der Waals surface area contributed by atoms with Gasteiger partial charge in [0.25, 0.3) is 0 Å². The van der Waals surface area contributed by atoms with E-state index < -0.39 is 22.1 Å². The van der Waals surface area contributed by atoms with E-state index in [9.17, 15) is 21.6 Å². The summed E-state index contributed by atoms with van der Waals surface area (Å²) in [6.07, 6.45) is -3.23. The Labute approximate surface area is 148 Å². The first-order valence-electron chi connectivity index (χ1n) is 7.85. The van der Waals surface area contributed by atoms with Gasteiger partial charge in [0.2, 0.25) is 10.0 Å². The molecule has 0 N–H and O–H groups in total. The smallest absolute Gasteiger partial charge is 0.468 e. The molecule has 1 saturated heterocycles. The summed E-state index contributed by atoms with van der Waals surface area (Å²) >= 11 is 0. The van der Waals surface area contributed by atoms with Crippen molar-refractivity contribution in [2.24, 2.45) is 0 Å². The van der Waals surface area contributed by atoms with Crippen LogP contribution in [0.15, 0.2) is 52.0 Å². The van der Waals surface area contributed by atoms with E-state index in [2.05, 4.69) is 9.64 Å². The van der Waals surface area contributed by atoms with Gasteiger partial charge in [0.1, 0.15) is 11.5 Å². The Hall–Kier alpha value is -2.04. The van der Waals surface area contributed by atoms with E-state index in [4.69, 9.17) is 4.42 Å². The predicted molar refractivity (Wildman–Crippen MR) is 85.9 cm³/mol. The van der Waals surface area contributed by atoms with Gasteiger partial charge >= 0.3 is 6.36 Å². The van der Waals surface area contributed by atoms with Crippen LogP contribution in [0, 0.1) is 0 Å². The molecule has 1 aromatic carbocycles. The maximum atomic E-state index is 12.6. The van der Waals surface area contributed by atoms with Crippen LogP contribution in [-0.2, 0) is 16.6 Å². The van der Waals surface area contributed by atoms with E-state index in [0.717, 1.165) is 30.0 Å². The molecule has 0 unspecified atom stereocenters. The molecule has 1 aliphatic rings. The molecule has 0 amide bonds. The summed E-state index contributed by atoms with van der Waals surface area (Å²) in [7, 11) is -3.76. The van der Waals surface area contributed by atoms with Crippen molar-refractivity contribution in [2.45, 2.75) is 17.8 Å². The lowest BCUT2D eigenvalue weighted by Crippen LogP contribution is -2.48. The van der Waals surface area contributed by atoms with Crippen LogP contribution in [0.25, 0.3) is 0 Å². The first-order chi connectivity index (χ1) is 12.2. The first kappa shape index (κ1) is 18.7. The molecule has 0 bridgehead atoms. The second kappa shape index (κ2) is 7.29. The number of piperazine rings is 1. The Morgan fingerprint density at radius 3 is 2.23 bits per heavy atom. The van der Waals surface area contributed by atoms with E-state index in [-0.39, 0.29) is 4.90 Å². The van der Waals surface area contributed by atoms with Gasteiger partial charge in [0.05, 0.1) is 17.7 Å². The van der Waals surface area contributed by atoms with Crippen molar-refractivity contribution in [2.75, 3.05) is 26.2 Å². The van der Waals surface area contributed by atoms with Gasteiger partial charge < -0.3 is 9.15 Å². The minimum absolute atomic E-state index is 0.0634. The summed E-state index contributed by atoms with van der Waals surface area (Å²) in [6.45, 7) is 2.27. The molecule has 0 radical (unpaired) electrons. The molecule has 2 aromatic rings. The predicted octanol–water partition coefficient (Wildman–Crippen LogP) is 2.68. The number of ether oxygens (including phenoxy) is 1. The number of furan rings is 1. The van der Waals surface area contributed by atoms with Gasteiger partial charge in [-0.3, -0.25) is 4.90 Å². The second-order valence-corrected chi connectivity index (χ2v) is 7.72. The lowest BCUT2D eigenvalue weighted by atomic mass is 10.3. The van der Waals surface area contributed by atoms with Crippen molar-refractivity contribution in [3.8, 4) is 5.75 Å². The number of sulfonamides is 1. The molecular weight excluding hydrogens is 373 g/mol. The van der Waals surface area contributed by atoms with Crippen molar-refractivity contribution in [1.29, 1.82) is 0 Å². The van der Waals surface area contributed by atoms with Crippen molar-refractivity contribution >= 4 is 10.0 Å². The van der Waals surface area contributed by atoms with Crippen LogP contribution in [0.2, 0.25) is 0 Å².